The van der Waals surface area contributed by atoms with Gasteiger partial charge in [-0.3, -0.25) is 9.79 Å². The highest BCUT2D eigenvalue weighted by atomic mass is 32.1. The van der Waals surface area contributed by atoms with Crippen LogP contribution in [0.5, 0.6) is 0 Å². The maximum absolute atomic E-state index is 12.7. The second-order valence-electron chi connectivity index (χ2n) is 10.6. The van der Waals surface area contributed by atoms with E-state index in [-0.39, 0.29) is 11.4 Å². The van der Waals surface area contributed by atoms with E-state index < -0.39 is 0 Å². The lowest BCUT2D eigenvalue weighted by Gasteiger charge is -2.53. The highest BCUT2D eigenvalue weighted by Gasteiger charge is 2.49. The fourth-order valence-corrected chi connectivity index (χ4v) is 7.35. The van der Waals surface area contributed by atoms with Crippen LogP contribution in [0.25, 0.3) is 0 Å². The van der Waals surface area contributed by atoms with Crippen molar-refractivity contribution in [2.45, 2.75) is 76.7 Å². The Morgan fingerprint density at radius 3 is 2.77 bits per heavy atom. The first kappa shape index (κ1) is 21.0. The fraction of sp³-hybridized carbons (Fsp3) is 0.615. The number of hydrogen-bond donors (Lipinski definition) is 1. The maximum atomic E-state index is 12.7. The number of carbonyl (C=O) groups is 1. The molecule has 4 atom stereocenters. The van der Waals surface area contributed by atoms with Crippen LogP contribution in [0.2, 0.25) is 0 Å². The molecule has 1 N–H and O–H groups in total. The number of nitrogens with zero attached hydrogens (tertiary/aromatic N) is 2. The van der Waals surface area contributed by atoms with Crippen LogP contribution in [0.15, 0.2) is 34.6 Å². The van der Waals surface area contributed by atoms with Gasteiger partial charge in [-0.2, -0.15) is 0 Å². The van der Waals surface area contributed by atoms with Crippen LogP contribution in [-0.4, -0.2) is 16.0 Å². The SMILES string of the molecule is CC(C)c1ccc(NC(=O)Cc2csc(=NC34CCC5CCC(CC5C3)C4)n2C)cc1. The predicted octanol–water partition coefficient (Wildman–Crippen LogP) is 5.65. The summed E-state index contributed by atoms with van der Waals surface area (Å²) in [4.78, 5) is 19.1. The van der Waals surface area contributed by atoms with Crippen molar-refractivity contribution in [3.8, 4) is 0 Å². The van der Waals surface area contributed by atoms with Gasteiger partial charge in [0, 0.05) is 23.8 Å². The maximum Gasteiger partial charge on any atom is 0.230 e. The highest BCUT2D eigenvalue weighted by Crippen LogP contribution is 2.55. The summed E-state index contributed by atoms with van der Waals surface area (Å²) in [6, 6.07) is 8.18. The number of amides is 1. The number of thiazole rings is 1. The zero-order chi connectivity index (χ0) is 21.6. The second-order valence-corrected chi connectivity index (χ2v) is 11.4. The van der Waals surface area contributed by atoms with Gasteiger partial charge in [-0.1, -0.05) is 32.4 Å². The molecular weight excluding hydrogens is 402 g/mol. The van der Waals surface area contributed by atoms with Crippen molar-refractivity contribution in [1.82, 2.24) is 4.57 Å². The third-order valence-corrected chi connectivity index (χ3v) is 9.06. The van der Waals surface area contributed by atoms with Gasteiger partial charge in [-0.05, 0) is 79.9 Å². The quantitative estimate of drug-likeness (QED) is 0.645. The van der Waals surface area contributed by atoms with Gasteiger partial charge in [0.05, 0.1) is 12.0 Å². The van der Waals surface area contributed by atoms with E-state index in [0.29, 0.717) is 12.3 Å². The lowest BCUT2D eigenvalue weighted by Crippen LogP contribution is -2.48. The first-order valence-corrected chi connectivity index (χ1v) is 12.9. The molecule has 4 nitrogen and oxygen atoms in total. The zero-order valence-corrected chi connectivity index (χ0v) is 19.9. The van der Waals surface area contributed by atoms with Gasteiger partial charge < -0.3 is 9.88 Å². The molecule has 3 aliphatic rings. The number of benzene rings is 1. The fourth-order valence-electron chi connectivity index (χ4n) is 6.34. The van der Waals surface area contributed by atoms with Gasteiger partial charge in [0.25, 0.3) is 0 Å². The predicted molar refractivity (Wildman–Crippen MR) is 127 cm³/mol. The molecule has 3 saturated carbocycles. The van der Waals surface area contributed by atoms with Crippen LogP contribution in [0.3, 0.4) is 0 Å². The number of rotatable bonds is 5. The summed E-state index contributed by atoms with van der Waals surface area (Å²) in [6.45, 7) is 4.36. The Morgan fingerprint density at radius 1 is 1.19 bits per heavy atom. The van der Waals surface area contributed by atoms with E-state index in [1.54, 1.807) is 11.3 Å². The van der Waals surface area contributed by atoms with E-state index in [1.165, 1.54) is 50.5 Å². The molecule has 0 spiro atoms. The summed E-state index contributed by atoms with van der Waals surface area (Å²) in [5, 5.41) is 5.17. The van der Waals surface area contributed by atoms with Crippen molar-refractivity contribution in [3.63, 3.8) is 0 Å². The van der Waals surface area contributed by atoms with Crippen LogP contribution >= 0.6 is 11.3 Å². The molecule has 1 heterocycles. The molecule has 0 radical (unpaired) electrons. The summed E-state index contributed by atoms with van der Waals surface area (Å²) < 4.78 is 2.15. The van der Waals surface area contributed by atoms with Crippen molar-refractivity contribution >= 4 is 22.9 Å². The molecule has 1 amide bonds. The lowest BCUT2D eigenvalue weighted by atomic mass is 9.55. The number of carbonyl (C=O) groups excluding carboxylic acids is 1. The standard InChI is InChI=1S/C26H35N3OS/c1-17(2)19-6-8-22(9-7-19)27-24(30)13-23-16-31-25(29(23)3)28-26-11-10-20-5-4-18(14-26)12-21(20)15-26/h6-9,16-18,20-21H,4-5,10-15H2,1-3H3,(H,27,30). The second kappa shape index (κ2) is 8.23. The van der Waals surface area contributed by atoms with Gasteiger partial charge in [0.1, 0.15) is 0 Å². The van der Waals surface area contributed by atoms with Gasteiger partial charge in [-0.15, -0.1) is 11.3 Å². The summed E-state index contributed by atoms with van der Waals surface area (Å²) in [6.07, 6.45) is 9.88. The monoisotopic (exact) mass is 437 g/mol. The van der Waals surface area contributed by atoms with Crippen molar-refractivity contribution < 1.29 is 4.79 Å². The molecule has 3 aliphatic carbocycles. The normalized spacial score (nSPS) is 30.1. The lowest BCUT2D eigenvalue weighted by molar-refractivity contribution is -0.115. The van der Waals surface area contributed by atoms with Gasteiger partial charge in [0.15, 0.2) is 4.80 Å². The third kappa shape index (κ3) is 4.26. The summed E-state index contributed by atoms with van der Waals surface area (Å²) >= 11 is 1.70. The summed E-state index contributed by atoms with van der Waals surface area (Å²) in [5.41, 5.74) is 3.35. The molecule has 3 fully saturated rings. The first-order chi connectivity index (χ1) is 14.9. The van der Waals surface area contributed by atoms with Crippen LogP contribution in [-0.2, 0) is 18.3 Å². The Balaban J connectivity index is 1.29. The number of hydrogen-bond acceptors (Lipinski definition) is 3. The minimum Gasteiger partial charge on any atom is -0.326 e. The average Bonchev–Trinajstić information content (AvgIpc) is 3.06. The molecule has 2 aromatic rings. The molecule has 1 aromatic heterocycles. The molecule has 166 valence electrons. The Morgan fingerprint density at radius 2 is 2.00 bits per heavy atom. The molecule has 0 saturated heterocycles. The first-order valence-electron chi connectivity index (χ1n) is 12.0. The van der Waals surface area contributed by atoms with E-state index in [1.807, 2.05) is 12.1 Å². The van der Waals surface area contributed by atoms with Crippen LogP contribution < -0.4 is 10.1 Å². The Kier molecular flexibility index (Phi) is 5.58. The van der Waals surface area contributed by atoms with Crippen LogP contribution in [0.4, 0.5) is 5.69 Å². The third-order valence-electron chi connectivity index (χ3n) is 8.09. The molecular formula is C26H35N3OS. The average molecular weight is 438 g/mol. The van der Waals surface area contributed by atoms with E-state index in [0.717, 1.165) is 33.9 Å². The van der Waals surface area contributed by atoms with E-state index in [4.69, 9.17) is 4.99 Å². The van der Waals surface area contributed by atoms with Crippen molar-refractivity contribution in [1.29, 1.82) is 0 Å². The van der Waals surface area contributed by atoms with E-state index in [9.17, 15) is 4.79 Å². The topological polar surface area (TPSA) is 46.4 Å². The molecule has 4 unspecified atom stereocenters. The minimum absolute atomic E-state index is 0.0307. The highest BCUT2D eigenvalue weighted by molar-refractivity contribution is 7.07. The molecule has 3 bridgehead atoms. The number of anilines is 1. The largest absolute Gasteiger partial charge is 0.326 e. The van der Waals surface area contributed by atoms with E-state index in [2.05, 4.69) is 48.3 Å². The number of nitrogens with one attached hydrogen (secondary N) is 1. The van der Waals surface area contributed by atoms with Gasteiger partial charge in [-0.25, -0.2) is 0 Å². The van der Waals surface area contributed by atoms with Gasteiger partial charge in [0.2, 0.25) is 5.91 Å². The van der Waals surface area contributed by atoms with Crippen LogP contribution in [0, 0.1) is 17.8 Å². The molecule has 1 aromatic carbocycles. The molecule has 31 heavy (non-hydrogen) atoms. The number of aromatic nitrogens is 1. The summed E-state index contributed by atoms with van der Waals surface area (Å²) in [5.74, 6) is 3.28. The zero-order valence-electron chi connectivity index (χ0n) is 19.1. The minimum atomic E-state index is 0.0307. The summed E-state index contributed by atoms with van der Waals surface area (Å²) in [7, 11) is 2.07. The molecule has 0 aliphatic heterocycles. The van der Waals surface area contributed by atoms with Crippen molar-refractivity contribution in [2.75, 3.05) is 5.32 Å². The smallest absolute Gasteiger partial charge is 0.230 e. The van der Waals surface area contributed by atoms with Crippen LogP contribution in [0.1, 0.15) is 76.0 Å². The van der Waals surface area contributed by atoms with Crippen molar-refractivity contribution in [2.24, 2.45) is 29.8 Å². The Labute approximate surface area is 189 Å². The Bertz CT molecular complexity index is 1010. The van der Waals surface area contributed by atoms with Crippen molar-refractivity contribution in [3.05, 3.63) is 45.7 Å². The van der Waals surface area contributed by atoms with Gasteiger partial charge >= 0.3 is 0 Å². The Hall–Kier alpha value is -1.88. The van der Waals surface area contributed by atoms with E-state index >= 15 is 0 Å². The molecule has 5 heteroatoms. The molecule has 5 rings (SSSR count). The number of fused-ring (bicyclic) bond motifs is 2.